The van der Waals surface area contributed by atoms with Crippen LogP contribution in [0, 0.1) is 0 Å². The Bertz CT molecular complexity index is 791. The van der Waals surface area contributed by atoms with Crippen molar-refractivity contribution in [3.63, 3.8) is 0 Å². The van der Waals surface area contributed by atoms with Gasteiger partial charge >= 0.3 is 0 Å². The summed E-state index contributed by atoms with van der Waals surface area (Å²) in [5.74, 6) is -0.405. The predicted molar refractivity (Wildman–Crippen MR) is 101 cm³/mol. The summed E-state index contributed by atoms with van der Waals surface area (Å²) in [6.07, 6.45) is 0.552. The zero-order valence-electron chi connectivity index (χ0n) is 15.3. The van der Waals surface area contributed by atoms with E-state index in [0.717, 1.165) is 16.7 Å². The van der Waals surface area contributed by atoms with E-state index in [1.807, 2.05) is 66.4 Å². The van der Waals surface area contributed by atoms with Gasteiger partial charge < -0.3 is 10.6 Å². The Hall–Kier alpha value is -2.66. The van der Waals surface area contributed by atoms with Crippen LogP contribution in [0.2, 0.25) is 0 Å². The van der Waals surface area contributed by atoms with Crippen LogP contribution in [0.25, 0.3) is 0 Å². The molecule has 0 aromatic heterocycles. The van der Waals surface area contributed by atoms with E-state index in [-0.39, 0.29) is 24.4 Å². The fourth-order valence-corrected chi connectivity index (χ4v) is 3.48. The van der Waals surface area contributed by atoms with Crippen LogP contribution >= 0.6 is 0 Å². The SMILES string of the molecule is C[C@@H](c1ccccc1)N(C)C(=O)CN1Cc2ccccc2C[C@H]1C(N)=O. The van der Waals surface area contributed by atoms with Crippen LogP contribution in [0.3, 0.4) is 0 Å². The quantitative estimate of drug-likeness (QED) is 0.897. The first kappa shape index (κ1) is 18.1. The zero-order valence-corrected chi connectivity index (χ0v) is 15.3. The molecular weight excluding hydrogens is 326 g/mol. The van der Waals surface area contributed by atoms with E-state index in [2.05, 4.69) is 0 Å². The summed E-state index contributed by atoms with van der Waals surface area (Å²) in [6, 6.07) is 17.4. The van der Waals surface area contributed by atoms with Gasteiger partial charge in [0.1, 0.15) is 0 Å². The second kappa shape index (κ2) is 7.70. The van der Waals surface area contributed by atoms with Crippen LogP contribution < -0.4 is 5.73 Å². The van der Waals surface area contributed by atoms with Gasteiger partial charge in [0.2, 0.25) is 11.8 Å². The van der Waals surface area contributed by atoms with Crippen molar-refractivity contribution in [1.82, 2.24) is 9.80 Å². The van der Waals surface area contributed by atoms with Crippen LogP contribution in [0.15, 0.2) is 54.6 Å². The van der Waals surface area contributed by atoms with E-state index < -0.39 is 6.04 Å². The van der Waals surface area contributed by atoms with Gasteiger partial charge in [-0.1, -0.05) is 54.6 Å². The largest absolute Gasteiger partial charge is 0.368 e. The average molecular weight is 351 g/mol. The van der Waals surface area contributed by atoms with Crippen LogP contribution in [0.1, 0.15) is 29.7 Å². The Morgan fingerprint density at radius 3 is 2.38 bits per heavy atom. The Balaban J connectivity index is 1.74. The van der Waals surface area contributed by atoms with Crippen molar-refractivity contribution in [1.29, 1.82) is 0 Å². The lowest BCUT2D eigenvalue weighted by Gasteiger charge is -2.36. The second-order valence-corrected chi connectivity index (χ2v) is 6.89. The first-order valence-corrected chi connectivity index (χ1v) is 8.88. The molecule has 2 aromatic rings. The molecule has 0 saturated carbocycles. The molecular formula is C21H25N3O2. The Morgan fingerprint density at radius 2 is 1.73 bits per heavy atom. The number of primary amides is 1. The van der Waals surface area contributed by atoms with E-state index in [4.69, 9.17) is 5.73 Å². The summed E-state index contributed by atoms with van der Waals surface area (Å²) in [5.41, 5.74) is 8.97. The molecule has 0 spiro atoms. The van der Waals surface area contributed by atoms with E-state index in [1.165, 1.54) is 0 Å². The lowest BCUT2D eigenvalue weighted by Crippen LogP contribution is -2.52. The number of carbonyl (C=O) groups excluding carboxylic acids is 2. The molecule has 5 nitrogen and oxygen atoms in total. The number of benzene rings is 2. The highest BCUT2D eigenvalue weighted by Crippen LogP contribution is 2.24. The number of fused-ring (bicyclic) bond motifs is 1. The molecule has 0 saturated heterocycles. The normalized spacial score (nSPS) is 18.0. The molecule has 0 bridgehead atoms. The number of nitrogens with zero attached hydrogens (tertiary/aromatic N) is 2. The van der Waals surface area contributed by atoms with E-state index in [1.54, 1.807) is 11.9 Å². The molecule has 0 unspecified atom stereocenters. The number of amides is 2. The van der Waals surface area contributed by atoms with Gasteiger partial charge in [-0.05, 0) is 30.0 Å². The maximum Gasteiger partial charge on any atom is 0.237 e. The Kier molecular flexibility index (Phi) is 5.38. The summed E-state index contributed by atoms with van der Waals surface area (Å²) in [6.45, 7) is 2.74. The molecule has 1 aliphatic heterocycles. The van der Waals surface area contributed by atoms with Crippen LogP contribution in [-0.2, 0) is 22.6 Å². The smallest absolute Gasteiger partial charge is 0.237 e. The lowest BCUT2D eigenvalue weighted by atomic mass is 9.93. The molecule has 26 heavy (non-hydrogen) atoms. The molecule has 3 rings (SSSR count). The van der Waals surface area contributed by atoms with Gasteiger partial charge in [-0.3, -0.25) is 14.5 Å². The minimum atomic E-state index is -0.450. The Labute approximate surface area is 154 Å². The summed E-state index contributed by atoms with van der Waals surface area (Å²) in [5, 5.41) is 0. The minimum absolute atomic E-state index is 0.0213. The van der Waals surface area contributed by atoms with Crippen molar-refractivity contribution in [3.05, 3.63) is 71.3 Å². The van der Waals surface area contributed by atoms with Crippen molar-refractivity contribution in [2.24, 2.45) is 5.73 Å². The molecule has 0 aliphatic carbocycles. The molecule has 2 aromatic carbocycles. The third-order valence-corrected chi connectivity index (χ3v) is 5.27. The lowest BCUT2D eigenvalue weighted by molar-refractivity contribution is -0.135. The van der Waals surface area contributed by atoms with Gasteiger partial charge in [-0.25, -0.2) is 0 Å². The molecule has 1 heterocycles. The van der Waals surface area contributed by atoms with Crippen molar-refractivity contribution >= 4 is 11.8 Å². The van der Waals surface area contributed by atoms with Crippen LogP contribution in [-0.4, -0.2) is 41.2 Å². The van der Waals surface area contributed by atoms with Crippen molar-refractivity contribution in [3.8, 4) is 0 Å². The monoisotopic (exact) mass is 351 g/mol. The fraction of sp³-hybridized carbons (Fsp3) is 0.333. The highest BCUT2D eigenvalue weighted by molar-refractivity contribution is 5.83. The molecule has 0 fully saturated rings. The van der Waals surface area contributed by atoms with Gasteiger partial charge in [0.05, 0.1) is 18.6 Å². The number of hydrogen-bond donors (Lipinski definition) is 1. The van der Waals surface area contributed by atoms with Crippen molar-refractivity contribution < 1.29 is 9.59 Å². The van der Waals surface area contributed by atoms with Crippen LogP contribution in [0.5, 0.6) is 0 Å². The number of carbonyl (C=O) groups is 2. The van der Waals surface area contributed by atoms with Gasteiger partial charge in [0, 0.05) is 13.6 Å². The molecule has 1 aliphatic rings. The number of hydrogen-bond acceptors (Lipinski definition) is 3. The summed E-state index contributed by atoms with van der Waals surface area (Å²) >= 11 is 0. The molecule has 0 radical (unpaired) electrons. The van der Waals surface area contributed by atoms with Crippen LogP contribution in [0.4, 0.5) is 0 Å². The van der Waals surface area contributed by atoms with Gasteiger partial charge in [-0.15, -0.1) is 0 Å². The summed E-state index contributed by atoms with van der Waals surface area (Å²) in [4.78, 5) is 28.4. The first-order chi connectivity index (χ1) is 12.5. The van der Waals surface area contributed by atoms with Gasteiger partial charge in [-0.2, -0.15) is 0 Å². The fourth-order valence-electron chi connectivity index (χ4n) is 3.48. The highest BCUT2D eigenvalue weighted by Gasteiger charge is 2.32. The molecule has 2 amide bonds. The minimum Gasteiger partial charge on any atom is -0.368 e. The third kappa shape index (κ3) is 3.78. The second-order valence-electron chi connectivity index (χ2n) is 6.89. The number of likely N-dealkylation sites (N-methyl/N-ethyl adjacent to an activating group) is 1. The zero-order chi connectivity index (χ0) is 18.7. The maximum absolute atomic E-state index is 12.8. The molecule has 136 valence electrons. The topological polar surface area (TPSA) is 66.6 Å². The predicted octanol–water partition coefficient (Wildman–Crippen LogP) is 2.12. The highest BCUT2D eigenvalue weighted by atomic mass is 16.2. The van der Waals surface area contributed by atoms with E-state index in [0.29, 0.717) is 13.0 Å². The Morgan fingerprint density at radius 1 is 1.12 bits per heavy atom. The van der Waals surface area contributed by atoms with Gasteiger partial charge in [0.25, 0.3) is 0 Å². The van der Waals surface area contributed by atoms with E-state index >= 15 is 0 Å². The third-order valence-electron chi connectivity index (χ3n) is 5.27. The molecule has 2 N–H and O–H groups in total. The summed E-state index contributed by atoms with van der Waals surface area (Å²) < 4.78 is 0. The van der Waals surface area contributed by atoms with Gasteiger partial charge in [0.15, 0.2) is 0 Å². The number of nitrogens with two attached hydrogens (primary N) is 1. The molecule has 2 atom stereocenters. The molecule has 5 heteroatoms. The standard InChI is InChI=1S/C21H25N3O2/c1-15(16-8-4-3-5-9-16)23(2)20(25)14-24-13-18-11-7-6-10-17(18)12-19(24)21(22)26/h3-11,15,19H,12-14H2,1-2H3,(H2,22,26)/t15-,19-/m0/s1. The summed E-state index contributed by atoms with van der Waals surface area (Å²) in [7, 11) is 1.80. The average Bonchev–Trinajstić information content (AvgIpc) is 2.66. The maximum atomic E-state index is 12.8. The van der Waals surface area contributed by atoms with Crippen molar-refractivity contribution in [2.45, 2.75) is 32.0 Å². The van der Waals surface area contributed by atoms with E-state index in [9.17, 15) is 9.59 Å². The first-order valence-electron chi connectivity index (χ1n) is 8.88. The van der Waals surface area contributed by atoms with Crippen molar-refractivity contribution in [2.75, 3.05) is 13.6 Å². The number of rotatable bonds is 5.